The van der Waals surface area contributed by atoms with Crippen molar-refractivity contribution in [3.05, 3.63) is 82.9 Å². The van der Waals surface area contributed by atoms with Crippen molar-refractivity contribution in [2.45, 2.75) is 63.2 Å². The minimum Gasteiger partial charge on any atom is -0.389 e. The summed E-state index contributed by atoms with van der Waals surface area (Å²) < 4.78 is 13.7. The molecule has 1 N–H and O–H groups in total. The van der Waals surface area contributed by atoms with E-state index in [1.165, 1.54) is 17.0 Å². The molecule has 2 nitrogen and oxygen atoms in total. The second-order valence-corrected chi connectivity index (χ2v) is 9.29. The van der Waals surface area contributed by atoms with Crippen LogP contribution in [-0.2, 0) is 5.75 Å². The van der Waals surface area contributed by atoms with E-state index in [9.17, 15) is 9.50 Å². The molecule has 0 amide bonds. The maximum atomic E-state index is 13.7. The van der Waals surface area contributed by atoms with Gasteiger partial charge < -0.3 is 5.11 Å². The lowest BCUT2D eigenvalue weighted by Gasteiger charge is -2.26. The van der Waals surface area contributed by atoms with Crippen LogP contribution in [-0.4, -0.2) is 10.1 Å². The summed E-state index contributed by atoms with van der Waals surface area (Å²) in [7, 11) is 0. The van der Waals surface area contributed by atoms with Gasteiger partial charge in [0, 0.05) is 27.6 Å². The van der Waals surface area contributed by atoms with Crippen LogP contribution >= 0.6 is 11.8 Å². The van der Waals surface area contributed by atoms with Gasteiger partial charge in [0.05, 0.1) is 6.10 Å². The van der Waals surface area contributed by atoms with Gasteiger partial charge in [-0.25, -0.2) is 4.39 Å². The first-order chi connectivity index (χ1) is 14.3. The lowest BCUT2D eigenvalue weighted by Crippen LogP contribution is -2.13. The molecule has 1 atom stereocenters. The summed E-state index contributed by atoms with van der Waals surface area (Å²) in [4.78, 5) is 6.25. The van der Waals surface area contributed by atoms with Crippen LogP contribution in [0.1, 0.15) is 75.1 Å². The van der Waals surface area contributed by atoms with Gasteiger partial charge in [0.15, 0.2) is 0 Å². The summed E-state index contributed by atoms with van der Waals surface area (Å²) in [5.74, 6) is 0.869. The standard InChI is InChI=1S/C26H30FNOS/c1-16(2)25-22(15-30-21-9-7-6-8-10-21)24(19-11-13-20(27)14-12-19)23(18(5)29)26(28-25)17(3)4/h6-14,16-18,29H,15H2,1-5H3. The molecule has 4 heteroatoms. The molecule has 2 aromatic carbocycles. The molecule has 3 aromatic rings. The van der Waals surface area contributed by atoms with E-state index >= 15 is 0 Å². The van der Waals surface area contributed by atoms with E-state index in [1.807, 2.05) is 18.2 Å². The molecular formula is C26H30FNOS. The average Bonchev–Trinajstić information content (AvgIpc) is 2.72. The third-order valence-electron chi connectivity index (χ3n) is 5.17. The molecule has 1 unspecified atom stereocenters. The van der Waals surface area contributed by atoms with Gasteiger partial charge in [0.1, 0.15) is 5.82 Å². The first-order valence-electron chi connectivity index (χ1n) is 10.5. The Morgan fingerprint density at radius 1 is 0.867 bits per heavy atom. The molecule has 0 aliphatic heterocycles. The van der Waals surface area contributed by atoms with E-state index in [2.05, 4.69) is 39.8 Å². The Bertz CT molecular complexity index is 982. The van der Waals surface area contributed by atoms with E-state index in [1.54, 1.807) is 30.8 Å². The van der Waals surface area contributed by atoms with Crippen molar-refractivity contribution < 1.29 is 9.50 Å². The predicted octanol–water partition coefficient (Wildman–Crippen LogP) is 7.48. The van der Waals surface area contributed by atoms with Crippen LogP contribution in [0.5, 0.6) is 0 Å². The lowest BCUT2D eigenvalue weighted by atomic mass is 9.86. The maximum absolute atomic E-state index is 13.7. The number of hydrogen-bond acceptors (Lipinski definition) is 3. The van der Waals surface area contributed by atoms with E-state index in [0.29, 0.717) is 0 Å². The number of pyridine rings is 1. The SMILES string of the molecule is CC(C)c1nc(C(C)C)c(C(C)O)c(-c2ccc(F)cc2)c1CSc1ccccc1. The highest BCUT2D eigenvalue weighted by Gasteiger charge is 2.26. The van der Waals surface area contributed by atoms with Crippen molar-refractivity contribution in [3.63, 3.8) is 0 Å². The highest BCUT2D eigenvalue weighted by atomic mass is 32.2. The van der Waals surface area contributed by atoms with Crippen molar-refractivity contribution in [1.29, 1.82) is 0 Å². The molecule has 0 saturated heterocycles. The van der Waals surface area contributed by atoms with E-state index < -0.39 is 6.10 Å². The topological polar surface area (TPSA) is 33.1 Å². The normalized spacial score (nSPS) is 12.6. The van der Waals surface area contributed by atoms with E-state index in [-0.39, 0.29) is 17.7 Å². The van der Waals surface area contributed by atoms with Gasteiger partial charge in [-0.1, -0.05) is 58.0 Å². The molecule has 0 spiro atoms. The molecule has 158 valence electrons. The zero-order valence-electron chi connectivity index (χ0n) is 18.3. The highest BCUT2D eigenvalue weighted by molar-refractivity contribution is 7.98. The van der Waals surface area contributed by atoms with E-state index in [0.717, 1.165) is 39.4 Å². The number of hydrogen-bond donors (Lipinski definition) is 1. The second-order valence-electron chi connectivity index (χ2n) is 8.24. The van der Waals surface area contributed by atoms with Crippen molar-refractivity contribution in [3.8, 4) is 11.1 Å². The molecular weight excluding hydrogens is 393 g/mol. The summed E-state index contributed by atoms with van der Waals surface area (Å²) >= 11 is 1.76. The Hall–Kier alpha value is -2.17. The van der Waals surface area contributed by atoms with Crippen LogP contribution in [0.4, 0.5) is 4.39 Å². The third-order valence-corrected chi connectivity index (χ3v) is 6.21. The van der Waals surface area contributed by atoms with Crippen molar-refractivity contribution in [2.75, 3.05) is 0 Å². The number of aromatic nitrogens is 1. The molecule has 30 heavy (non-hydrogen) atoms. The van der Waals surface area contributed by atoms with Crippen LogP contribution in [0.2, 0.25) is 0 Å². The van der Waals surface area contributed by atoms with Gasteiger partial charge in [-0.15, -0.1) is 11.8 Å². The van der Waals surface area contributed by atoms with Crippen LogP contribution in [0, 0.1) is 5.82 Å². The number of benzene rings is 2. The Morgan fingerprint density at radius 3 is 2.00 bits per heavy atom. The van der Waals surface area contributed by atoms with Gasteiger partial charge >= 0.3 is 0 Å². The van der Waals surface area contributed by atoms with E-state index in [4.69, 9.17) is 4.98 Å². The summed E-state index contributed by atoms with van der Waals surface area (Å²) in [6.45, 7) is 10.3. The lowest BCUT2D eigenvalue weighted by molar-refractivity contribution is 0.197. The smallest absolute Gasteiger partial charge is 0.123 e. The minimum absolute atomic E-state index is 0.169. The number of nitrogens with zero attached hydrogens (tertiary/aromatic N) is 1. The Morgan fingerprint density at radius 2 is 1.47 bits per heavy atom. The average molecular weight is 424 g/mol. The molecule has 0 saturated carbocycles. The van der Waals surface area contributed by atoms with Gasteiger partial charge in [-0.3, -0.25) is 4.98 Å². The fourth-order valence-corrected chi connectivity index (χ4v) is 4.73. The number of halogens is 1. The summed E-state index contributed by atoms with van der Waals surface area (Å²) in [6.07, 6.45) is -0.670. The van der Waals surface area contributed by atoms with Gasteiger partial charge in [-0.2, -0.15) is 0 Å². The van der Waals surface area contributed by atoms with Crippen molar-refractivity contribution in [1.82, 2.24) is 4.98 Å². The third kappa shape index (κ3) is 4.93. The Labute approximate surface area is 183 Å². The molecule has 1 heterocycles. The fourth-order valence-electron chi connectivity index (χ4n) is 3.78. The molecule has 1 aromatic heterocycles. The number of rotatable bonds is 7. The highest BCUT2D eigenvalue weighted by Crippen LogP contribution is 2.41. The largest absolute Gasteiger partial charge is 0.389 e. The van der Waals surface area contributed by atoms with Crippen LogP contribution in [0.15, 0.2) is 59.5 Å². The number of thioether (sulfide) groups is 1. The summed E-state index contributed by atoms with van der Waals surface area (Å²) in [5, 5.41) is 10.8. The first-order valence-corrected chi connectivity index (χ1v) is 11.5. The number of aliphatic hydroxyl groups is 1. The van der Waals surface area contributed by atoms with Crippen molar-refractivity contribution in [2.24, 2.45) is 0 Å². The predicted molar refractivity (Wildman–Crippen MR) is 124 cm³/mol. The van der Waals surface area contributed by atoms with Gasteiger partial charge in [-0.05, 0) is 59.7 Å². The molecule has 0 fully saturated rings. The molecule has 0 aliphatic carbocycles. The fraction of sp³-hybridized carbons (Fsp3) is 0.346. The first kappa shape index (κ1) is 22.5. The summed E-state index contributed by atoms with van der Waals surface area (Å²) in [5.41, 5.74) is 5.85. The minimum atomic E-state index is -0.670. The van der Waals surface area contributed by atoms with Crippen LogP contribution in [0.3, 0.4) is 0 Å². The van der Waals surface area contributed by atoms with Gasteiger partial charge in [0.25, 0.3) is 0 Å². The Kier molecular flexibility index (Phi) is 7.32. The van der Waals surface area contributed by atoms with Crippen LogP contribution < -0.4 is 0 Å². The zero-order chi connectivity index (χ0) is 21.8. The molecule has 3 rings (SSSR count). The second kappa shape index (κ2) is 9.76. The van der Waals surface area contributed by atoms with Crippen LogP contribution in [0.25, 0.3) is 11.1 Å². The molecule has 0 aliphatic rings. The zero-order valence-corrected chi connectivity index (χ0v) is 19.1. The number of aliphatic hydroxyl groups excluding tert-OH is 1. The maximum Gasteiger partial charge on any atom is 0.123 e. The molecule has 0 radical (unpaired) electrons. The monoisotopic (exact) mass is 423 g/mol. The van der Waals surface area contributed by atoms with Gasteiger partial charge in [0.2, 0.25) is 0 Å². The van der Waals surface area contributed by atoms with Crippen molar-refractivity contribution >= 4 is 11.8 Å². The summed E-state index contributed by atoms with van der Waals surface area (Å²) in [6, 6.07) is 16.9. The quantitative estimate of drug-likeness (QED) is 0.400. The Balaban J connectivity index is 2.27. The molecule has 0 bridgehead atoms.